The van der Waals surface area contributed by atoms with Gasteiger partial charge in [0.2, 0.25) is 5.65 Å². The number of rotatable bonds is 2. The highest BCUT2D eigenvalue weighted by molar-refractivity contribution is 6.29. The lowest BCUT2D eigenvalue weighted by Crippen LogP contribution is -2.49. The Balaban J connectivity index is 1.72. The standard InChI is InChI=1S/C17H23ClN4O3/c1-17(2,3)25-16(23)21(4)11-6-5-9-22(10-11)15-20-14-12(24-15)7-8-13(18)19-14/h7-8,11H,5-6,9-10H2,1-4H3/t11-/m1/s1. The average molecular weight is 367 g/mol. The molecular formula is C17H23ClN4O3. The van der Waals surface area contributed by atoms with Gasteiger partial charge < -0.3 is 19.0 Å². The Morgan fingerprint density at radius 3 is 2.88 bits per heavy atom. The van der Waals surface area contributed by atoms with Crippen LogP contribution in [-0.4, -0.2) is 52.7 Å². The SMILES string of the molecule is CN(C(=O)OC(C)(C)C)[C@@H]1CCCN(c2nc3nc(Cl)ccc3o2)C1. The molecule has 0 aromatic carbocycles. The summed E-state index contributed by atoms with van der Waals surface area (Å²) in [4.78, 5) is 24.6. The maximum Gasteiger partial charge on any atom is 0.410 e. The van der Waals surface area contributed by atoms with E-state index in [9.17, 15) is 4.79 Å². The minimum absolute atomic E-state index is 0.0372. The summed E-state index contributed by atoms with van der Waals surface area (Å²) in [6.07, 6.45) is 1.53. The summed E-state index contributed by atoms with van der Waals surface area (Å²) < 4.78 is 11.3. The molecule has 3 heterocycles. The van der Waals surface area contributed by atoms with Gasteiger partial charge in [-0.1, -0.05) is 11.6 Å². The number of carbonyl (C=O) groups is 1. The van der Waals surface area contributed by atoms with E-state index in [1.165, 1.54) is 0 Å². The Kier molecular flexibility index (Phi) is 4.77. The molecule has 25 heavy (non-hydrogen) atoms. The van der Waals surface area contributed by atoms with Crippen LogP contribution in [0.15, 0.2) is 16.5 Å². The van der Waals surface area contributed by atoms with Crippen LogP contribution >= 0.6 is 11.6 Å². The van der Waals surface area contributed by atoms with Crippen molar-refractivity contribution in [2.45, 2.75) is 45.3 Å². The molecule has 7 nitrogen and oxygen atoms in total. The Bertz CT molecular complexity index is 771. The van der Waals surface area contributed by atoms with E-state index in [-0.39, 0.29) is 12.1 Å². The van der Waals surface area contributed by atoms with Crippen LogP contribution in [-0.2, 0) is 4.74 Å². The number of amides is 1. The fourth-order valence-corrected chi connectivity index (χ4v) is 2.99. The number of aromatic nitrogens is 2. The molecule has 136 valence electrons. The number of carbonyl (C=O) groups excluding carboxylic acids is 1. The van der Waals surface area contributed by atoms with Gasteiger partial charge >= 0.3 is 6.09 Å². The molecule has 1 aliphatic rings. The molecule has 0 radical (unpaired) electrons. The van der Waals surface area contributed by atoms with Crippen molar-refractivity contribution in [2.24, 2.45) is 0 Å². The summed E-state index contributed by atoms with van der Waals surface area (Å²) in [5.74, 6) is 0. The minimum atomic E-state index is -0.509. The molecule has 1 fully saturated rings. The highest BCUT2D eigenvalue weighted by Crippen LogP contribution is 2.26. The summed E-state index contributed by atoms with van der Waals surface area (Å²) in [5.41, 5.74) is 0.581. The van der Waals surface area contributed by atoms with Crippen LogP contribution in [0.1, 0.15) is 33.6 Å². The largest absolute Gasteiger partial charge is 0.444 e. The van der Waals surface area contributed by atoms with Crippen molar-refractivity contribution >= 4 is 34.9 Å². The zero-order chi connectivity index (χ0) is 18.2. The summed E-state index contributed by atoms with van der Waals surface area (Å²) in [6, 6.07) is 3.98. The van der Waals surface area contributed by atoms with Crippen LogP contribution in [0.25, 0.3) is 11.2 Å². The Morgan fingerprint density at radius 2 is 2.16 bits per heavy atom. The van der Waals surface area contributed by atoms with Gasteiger partial charge in [-0.05, 0) is 45.7 Å². The van der Waals surface area contributed by atoms with Crippen LogP contribution in [0.3, 0.4) is 0 Å². The number of hydrogen-bond acceptors (Lipinski definition) is 6. The van der Waals surface area contributed by atoms with Crippen LogP contribution in [0.5, 0.6) is 0 Å². The lowest BCUT2D eigenvalue weighted by atomic mass is 10.1. The van der Waals surface area contributed by atoms with Crippen molar-refractivity contribution in [3.63, 3.8) is 0 Å². The second-order valence-corrected chi connectivity index (χ2v) is 7.67. The molecule has 8 heteroatoms. The number of nitrogens with zero attached hydrogens (tertiary/aromatic N) is 4. The van der Waals surface area contributed by atoms with Gasteiger partial charge in [0, 0.05) is 20.1 Å². The molecule has 0 N–H and O–H groups in total. The van der Waals surface area contributed by atoms with Crippen molar-refractivity contribution < 1.29 is 13.9 Å². The smallest absolute Gasteiger partial charge is 0.410 e. The number of likely N-dealkylation sites (N-methyl/N-ethyl adjacent to an activating group) is 1. The van der Waals surface area contributed by atoms with E-state index in [1.54, 1.807) is 24.1 Å². The molecular weight excluding hydrogens is 344 g/mol. The zero-order valence-corrected chi connectivity index (χ0v) is 15.7. The lowest BCUT2D eigenvalue weighted by molar-refractivity contribution is 0.0208. The van der Waals surface area contributed by atoms with Crippen molar-refractivity contribution in [3.8, 4) is 0 Å². The summed E-state index contributed by atoms with van der Waals surface area (Å²) in [5, 5.41) is 0.383. The summed E-state index contributed by atoms with van der Waals surface area (Å²) in [6.45, 7) is 7.04. The third-order valence-electron chi connectivity index (χ3n) is 4.10. The third kappa shape index (κ3) is 4.15. The topological polar surface area (TPSA) is 71.7 Å². The van der Waals surface area contributed by atoms with E-state index in [2.05, 4.69) is 9.97 Å². The van der Waals surface area contributed by atoms with Crippen molar-refractivity contribution in [1.82, 2.24) is 14.9 Å². The van der Waals surface area contributed by atoms with Gasteiger partial charge in [0.25, 0.3) is 6.01 Å². The number of pyridine rings is 1. The van der Waals surface area contributed by atoms with Gasteiger partial charge in [0.05, 0.1) is 6.04 Å². The number of fused-ring (bicyclic) bond motifs is 1. The predicted octanol–water partition coefficient (Wildman–Crippen LogP) is 3.71. The molecule has 1 saturated heterocycles. The van der Waals surface area contributed by atoms with Gasteiger partial charge in [-0.25, -0.2) is 9.78 Å². The van der Waals surface area contributed by atoms with E-state index in [0.29, 0.717) is 28.9 Å². The maximum absolute atomic E-state index is 12.3. The molecule has 0 saturated carbocycles. The maximum atomic E-state index is 12.3. The van der Waals surface area contributed by atoms with E-state index < -0.39 is 5.60 Å². The van der Waals surface area contributed by atoms with Gasteiger partial charge in [-0.2, -0.15) is 4.98 Å². The van der Waals surface area contributed by atoms with E-state index in [0.717, 1.165) is 19.4 Å². The van der Waals surface area contributed by atoms with Gasteiger partial charge in [-0.3, -0.25) is 0 Å². The molecule has 0 aliphatic carbocycles. The summed E-state index contributed by atoms with van der Waals surface area (Å²) in [7, 11) is 1.77. The third-order valence-corrected chi connectivity index (χ3v) is 4.31. The van der Waals surface area contributed by atoms with Crippen LogP contribution < -0.4 is 4.90 Å². The molecule has 3 rings (SSSR count). The number of anilines is 1. The average Bonchev–Trinajstić information content (AvgIpc) is 2.95. The molecule has 1 aliphatic heterocycles. The second-order valence-electron chi connectivity index (χ2n) is 7.29. The van der Waals surface area contributed by atoms with Gasteiger partial charge in [0.1, 0.15) is 10.8 Å². The zero-order valence-electron chi connectivity index (χ0n) is 15.0. The van der Waals surface area contributed by atoms with Crippen LogP contribution in [0.4, 0.5) is 10.8 Å². The number of piperidine rings is 1. The number of halogens is 1. The highest BCUT2D eigenvalue weighted by atomic mass is 35.5. The fourth-order valence-electron chi connectivity index (χ4n) is 2.85. The first-order valence-electron chi connectivity index (χ1n) is 8.37. The normalized spacial score (nSPS) is 18.4. The van der Waals surface area contributed by atoms with Crippen LogP contribution in [0.2, 0.25) is 5.15 Å². The van der Waals surface area contributed by atoms with Gasteiger partial charge in [0.15, 0.2) is 5.58 Å². The Morgan fingerprint density at radius 1 is 1.40 bits per heavy atom. The van der Waals surface area contributed by atoms with E-state index >= 15 is 0 Å². The van der Waals surface area contributed by atoms with E-state index in [4.69, 9.17) is 20.8 Å². The van der Waals surface area contributed by atoms with E-state index in [1.807, 2.05) is 25.7 Å². The van der Waals surface area contributed by atoms with Crippen molar-refractivity contribution in [3.05, 3.63) is 17.3 Å². The van der Waals surface area contributed by atoms with Crippen LogP contribution in [0, 0.1) is 0 Å². The fraction of sp³-hybridized carbons (Fsp3) is 0.588. The molecule has 1 amide bonds. The first kappa shape index (κ1) is 17.8. The first-order valence-corrected chi connectivity index (χ1v) is 8.74. The van der Waals surface area contributed by atoms with Gasteiger partial charge in [-0.15, -0.1) is 0 Å². The Hall–Kier alpha value is -2.02. The summed E-state index contributed by atoms with van der Waals surface area (Å²) >= 11 is 5.90. The second kappa shape index (κ2) is 6.71. The minimum Gasteiger partial charge on any atom is -0.444 e. The molecule has 2 aromatic rings. The quantitative estimate of drug-likeness (QED) is 0.754. The number of oxazole rings is 1. The molecule has 2 aromatic heterocycles. The molecule has 0 bridgehead atoms. The first-order chi connectivity index (χ1) is 11.7. The molecule has 0 unspecified atom stereocenters. The Labute approximate surface area is 151 Å². The van der Waals surface area contributed by atoms with Crippen molar-refractivity contribution in [2.75, 3.05) is 25.0 Å². The highest BCUT2D eigenvalue weighted by Gasteiger charge is 2.30. The molecule has 0 spiro atoms. The predicted molar refractivity (Wildman–Crippen MR) is 96.0 cm³/mol. The number of ether oxygens (including phenoxy) is 1. The lowest BCUT2D eigenvalue weighted by Gasteiger charge is -2.37. The monoisotopic (exact) mass is 366 g/mol. The number of hydrogen-bond donors (Lipinski definition) is 0. The molecule has 1 atom stereocenters. The van der Waals surface area contributed by atoms with Crippen molar-refractivity contribution in [1.29, 1.82) is 0 Å².